The number of ether oxygens (including phenoxy) is 1. The number of anilines is 1. The number of sulfonamides is 1. The molecule has 1 aliphatic heterocycles. The first-order valence-electron chi connectivity index (χ1n) is 10.4. The summed E-state index contributed by atoms with van der Waals surface area (Å²) < 4.78 is 69.9. The van der Waals surface area contributed by atoms with E-state index in [-0.39, 0.29) is 12.2 Å². The molecule has 3 rings (SSSR count). The monoisotopic (exact) mass is 519 g/mol. The number of morpholine rings is 1. The zero-order chi connectivity index (χ0) is 24.9. The molecule has 1 saturated heterocycles. The van der Waals surface area contributed by atoms with Gasteiger partial charge in [-0.05, 0) is 29.3 Å². The van der Waals surface area contributed by atoms with Gasteiger partial charge in [0.1, 0.15) is 6.54 Å². The van der Waals surface area contributed by atoms with Gasteiger partial charge >= 0.3 is 6.18 Å². The second-order valence-electron chi connectivity index (χ2n) is 7.91. The summed E-state index contributed by atoms with van der Waals surface area (Å²) in [5.74, 6) is -0.661. The Morgan fingerprint density at radius 1 is 1.12 bits per heavy atom. The number of nitrogens with zero attached hydrogens (tertiary/aromatic N) is 2. The van der Waals surface area contributed by atoms with Crippen LogP contribution in [0.3, 0.4) is 0 Å². The fourth-order valence-corrected chi connectivity index (χ4v) is 4.53. The Morgan fingerprint density at radius 2 is 1.74 bits per heavy atom. The third kappa shape index (κ3) is 7.33. The summed E-state index contributed by atoms with van der Waals surface area (Å²) in [5, 5.41) is 2.04. The van der Waals surface area contributed by atoms with Crippen molar-refractivity contribution in [2.75, 3.05) is 43.4 Å². The maximum atomic E-state index is 13.2. The zero-order valence-electron chi connectivity index (χ0n) is 18.4. The molecule has 1 aliphatic rings. The average molecular weight is 520 g/mol. The van der Waals surface area contributed by atoms with E-state index in [1.807, 2.05) is 24.3 Å². The van der Waals surface area contributed by atoms with Crippen LogP contribution in [0.25, 0.3) is 0 Å². The van der Waals surface area contributed by atoms with Gasteiger partial charge in [-0.15, -0.1) is 0 Å². The molecular formula is C22H25ClF3N3O4S. The van der Waals surface area contributed by atoms with Crippen LogP contribution < -0.4 is 9.62 Å². The van der Waals surface area contributed by atoms with Gasteiger partial charge in [-0.25, -0.2) is 8.42 Å². The number of carbonyl (C=O) groups excluding carboxylic acids is 1. The molecule has 7 nitrogen and oxygen atoms in total. The lowest BCUT2D eigenvalue weighted by molar-refractivity contribution is -0.137. The van der Waals surface area contributed by atoms with E-state index >= 15 is 0 Å². The number of halogens is 4. The molecule has 0 bridgehead atoms. The van der Waals surface area contributed by atoms with E-state index in [1.54, 1.807) is 0 Å². The molecule has 0 aliphatic carbocycles. The molecule has 0 spiro atoms. The van der Waals surface area contributed by atoms with Crippen molar-refractivity contribution < 1.29 is 31.1 Å². The van der Waals surface area contributed by atoms with Crippen molar-refractivity contribution in [2.45, 2.75) is 19.3 Å². The smallest absolute Gasteiger partial charge is 0.379 e. The number of nitrogens with one attached hydrogen (secondary N) is 1. The molecule has 0 atom stereocenters. The summed E-state index contributed by atoms with van der Waals surface area (Å²) in [7, 11) is -4.04. The molecule has 34 heavy (non-hydrogen) atoms. The summed E-state index contributed by atoms with van der Waals surface area (Å²) >= 11 is 5.61. The molecule has 2 aromatic carbocycles. The fourth-order valence-electron chi connectivity index (χ4n) is 3.45. The van der Waals surface area contributed by atoms with Crippen LogP contribution >= 0.6 is 11.6 Å². The third-order valence-electron chi connectivity index (χ3n) is 5.25. The maximum Gasteiger partial charge on any atom is 0.417 e. The molecule has 186 valence electrons. The first kappa shape index (κ1) is 26.3. The minimum Gasteiger partial charge on any atom is -0.379 e. The van der Waals surface area contributed by atoms with Gasteiger partial charge in [0.05, 0.1) is 35.7 Å². The Morgan fingerprint density at radius 3 is 2.32 bits per heavy atom. The normalized spacial score (nSPS) is 15.2. The molecule has 1 N–H and O–H groups in total. The summed E-state index contributed by atoms with van der Waals surface area (Å²) in [6, 6.07) is 10.3. The minimum absolute atomic E-state index is 0.142. The number of hydrogen-bond acceptors (Lipinski definition) is 5. The SMILES string of the molecule is CS(=O)(=O)N(CC(=O)NCc1ccc(CN2CCOCC2)cc1)c1ccc(Cl)c(C(F)(F)F)c1. The van der Waals surface area contributed by atoms with Crippen molar-refractivity contribution in [3.8, 4) is 0 Å². The predicted molar refractivity (Wildman–Crippen MR) is 123 cm³/mol. The van der Waals surface area contributed by atoms with E-state index in [1.165, 1.54) is 0 Å². The van der Waals surface area contributed by atoms with E-state index in [0.717, 1.165) is 49.1 Å². The van der Waals surface area contributed by atoms with Crippen molar-refractivity contribution in [1.82, 2.24) is 10.2 Å². The molecule has 0 aromatic heterocycles. The first-order chi connectivity index (χ1) is 15.9. The maximum absolute atomic E-state index is 13.2. The van der Waals surface area contributed by atoms with Crippen LogP contribution in [0.5, 0.6) is 0 Å². The van der Waals surface area contributed by atoms with Crippen LogP contribution in [0.15, 0.2) is 42.5 Å². The van der Waals surface area contributed by atoms with Crippen LogP contribution in [0.1, 0.15) is 16.7 Å². The summed E-state index contributed by atoms with van der Waals surface area (Å²) in [6.45, 7) is 3.42. The predicted octanol–water partition coefficient (Wildman–Crippen LogP) is 3.27. The Labute approximate surface area is 201 Å². The van der Waals surface area contributed by atoms with Crippen molar-refractivity contribution in [3.63, 3.8) is 0 Å². The molecular weight excluding hydrogens is 495 g/mol. The van der Waals surface area contributed by atoms with E-state index in [2.05, 4.69) is 10.2 Å². The van der Waals surface area contributed by atoms with Crippen molar-refractivity contribution in [1.29, 1.82) is 0 Å². The van der Waals surface area contributed by atoms with Gasteiger partial charge in [-0.1, -0.05) is 35.9 Å². The third-order valence-corrected chi connectivity index (χ3v) is 6.72. The standard InChI is InChI=1S/C22H25ClF3N3O4S/c1-34(31,32)29(18-6-7-20(23)19(12-18)22(24,25)26)15-21(30)27-13-16-2-4-17(5-3-16)14-28-8-10-33-11-9-28/h2-7,12H,8-11,13-15H2,1H3,(H,27,30). The van der Waals surface area contributed by atoms with Crippen molar-refractivity contribution in [3.05, 3.63) is 64.2 Å². The fraction of sp³-hybridized carbons (Fsp3) is 0.409. The highest BCUT2D eigenvalue weighted by Gasteiger charge is 2.34. The van der Waals surface area contributed by atoms with Gasteiger partial charge in [0, 0.05) is 26.2 Å². The quantitative estimate of drug-likeness (QED) is 0.579. The van der Waals surface area contributed by atoms with E-state index in [4.69, 9.17) is 16.3 Å². The van der Waals surface area contributed by atoms with Crippen molar-refractivity contribution >= 4 is 33.2 Å². The zero-order valence-corrected chi connectivity index (χ0v) is 20.0. The van der Waals surface area contributed by atoms with E-state index in [9.17, 15) is 26.4 Å². The summed E-state index contributed by atoms with van der Waals surface area (Å²) in [6.07, 6.45) is -3.96. The lowest BCUT2D eigenvalue weighted by Gasteiger charge is -2.26. The number of amides is 1. The Hall–Kier alpha value is -2.34. The van der Waals surface area contributed by atoms with Gasteiger partial charge in [0.15, 0.2) is 0 Å². The molecule has 0 radical (unpaired) electrons. The molecule has 1 amide bonds. The number of carbonyl (C=O) groups is 1. The van der Waals surface area contributed by atoms with Gasteiger partial charge in [0.25, 0.3) is 0 Å². The lowest BCUT2D eigenvalue weighted by atomic mass is 10.1. The highest BCUT2D eigenvalue weighted by molar-refractivity contribution is 7.92. The Balaban J connectivity index is 1.62. The molecule has 12 heteroatoms. The van der Waals surface area contributed by atoms with Crippen molar-refractivity contribution in [2.24, 2.45) is 0 Å². The second kappa shape index (κ2) is 10.9. The molecule has 0 saturated carbocycles. The Bertz CT molecular complexity index is 1110. The number of benzene rings is 2. The van der Waals surface area contributed by atoms with Crippen LogP contribution in [0.2, 0.25) is 5.02 Å². The van der Waals surface area contributed by atoms with Crippen LogP contribution in [0.4, 0.5) is 18.9 Å². The molecule has 2 aromatic rings. The lowest BCUT2D eigenvalue weighted by Crippen LogP contribution is -2.40. The van der Waals surface area contributed by atoms with Crippen LogP contribution in [0, 0.1) is 0 Å². The second-order valence-corrected chi connectivity index (χ2v) is 10.2. The van der Waals surface area contributed by atoms with E-state index < -0.39 is 39.2 Å². The van der Waals surface area contributed by atoms with Gasteiger partial charge < -0.3 is 10.1 Å². The van der Waals surface area contributed by atoms with Gasteiger partial charge in [0.2, 0.25) is 15.9 Å². The van der Waals surface area contributed by atoms with Gasteiger partial charge in [-0.2, -0.15) is 13.2 Å². The largest absolute Gasteiger partial charge is 0.417 e. The highest BCUT2D eigenvalue weighted by Crippen LogP contribution is 2.37. The molecule has 1 heterocycles. The van der Waals surface area contributed by atoms with Gasteiger partial charge in [-0.3, -0.25) is 14.0 Å². The summed E-state index contributed by atoms with van der Waals surface area (Å²) in [5.41, 5.74) is 0.430. The number of hydrogen-bond donors (Lipinski definition) is 1. The topological polar surface area (TPSA) is 79.0 Å². The van der Waals surface area contributed by atoms with Crippen LogP contribution in [-0.4, -0.2) is 58.3 Å². The first-order valence-corrected chi connectivity index (χ1v) is 12.6. The minimum atomic E-state index is -4.77. The Kier molecular flexibility index (Phi) is 8.45. The summed E-state index contributed by atoms with van der Waals surface area (Å²) in [4.78, 5) is 14.7. The molecule has 1 fully saturated rings. The number of rotatable bonds is 8. The average Bonchev–Trinajstić information content (AvgIpc) is 2.77. The van der Waals surface area contributed by atoms with E-state index in [0.29, 0.717) is 23.6 Å². The van der Waals surface area contributed by atoms with Crippen LogP contribution in [-0.2, 0) is 38.8 Å². The number of alkyl halides is 3. The molecule has 0 unspecified atom stereocenters. The highest BCUT2D eigenvalue weighted by atomic mass is 35.5.